The third-order valence-corrected chi connectivity index (χ3v) is 5.80. The van der Waals surface area contributed by atoms with E-state index in [1.165, 1.54) is 49.6 Å². The maximum absolute atomic E-state index is 12.9. The normalized spacial score (nSPS) is 11.1. The highest BCUT2D eigenvalue weighted by Crippen LogP contribution is 2.29. The van der Waals surface area contributed by atoms with Gasteiger partial charge in [-0.05, 0) is 41.3 Å². The molecule has 0 atom stereocenters. The molecule has 1 amide bonds. The third-order valence-electron chi connectivity index (χ3n) is 3.80. The van der Waals surface area contributed by atoms with Crippen LogP contribution in [0.15, 0.2) is 58.3 Å². The number of nitro groups is 1. The van der Waals surface area contributed by atoms with E-state index in [9.17, 15) is 23.3 Å². The molecule has 1 heterocycles. The van der Waals surface area contributed by atoms with Gasteiger partial charge in [-0.3, -0.25) is 4.79 Å². The Morgan fingerprint density at radius 1 is 1.17 bits per heavy atom. The van der Waals surface area contributed by atoms with E-state index < -0.39 is 26.5 Å². The van der Waals surface area contributed by atoms with Crippen molar-refractivity contribution in [3.05, 3.63) is 69.4 Å². The molecule has 0 aliphatic carbocycles. The second-order valence-electron chi connectivity index (χ2n) is 5.70. The van der Waals surface area contributed by atoms with E-state index in [1.807, 2.05) is 0 Å². The summed E-state index contributed by atoms with van der Waals surface area (Å²) in [6, 6.07) is 10.5. The largest absolute Gasteiger partial charge is 0.497 e. The van der Waals surface area contributed by atoms with Crippen LogP contribution in [0.4, 0.5) is 11.5 Å². The second-order valence-corrected chi connectivity index (χ2v) is 8.09. The number of nitrogens with one attached hydrogen (secondary N) is 2. The van der Waals surface area contributed by atoms with Gasteiger partial charge in [0, 0.05) is 16.8 Å². The van der Waals surface area contributed by atoms with Gasteiger partial charge in [0.1, 0.15) is 5.75 Å². The van der Waals surface area contributed by atoms with Gasteiger partial charge in [0.05, 0.1) is 23.0 Å². The number of ether oxygens (including phenoxy) is 1. The number of aromatic amines is 1. The number of hydrogen-bond acceptors (Lipinski definition) is 7. The Morgan fingerprint density at radius 3 is 2.45 bits per heavy atom. The highest BCUT2D eigenvalue weighted by atomic mass is 35.5. The predicted octanol–water partition coefficient (Wildman–Crippen LogP) is 3.07. The molecule has 3 rings (SSSR count). The molecule has 0 bridgehead atoms. The first-order valence-corrected chi connectivity index (χ1v) is 9.77. The van der Waals surface area contributed by atoms with Crippen molar-refractivity contribution in [1.82, 2.24) is 10.2 Å². The highest BCUT2D eigenvalue weighted by Gasteiger charge is 2.21. The zero-order valence-electron chi connectivity index (χ0n) is 14.7. The van der Waals surface area contributed by atoms with Crippen molar-refractivity contribution in [2.75, 3.05) is 12.4 Å². The van der Waals surface area contributed by atoms with E-state index >= 15 is 0 Å². The maximum Gasteiger partial charge on any atom is 0.343 e. The first-order chi connectivity index (χ1) is 13.7. The van der Waals surface area contributed by atoms with Crippen molar-refractivity contribution < 1.29 is 22.9 Å². The topological polar surface area (TPSA) is 144 Å². The first kappa shape index (κ1) is 20.3. The van der Waals surface area contributed by atoms with E-state index in [4.69, 9.17) is 16.3 Å². The van der Waals surface area contributed by atoms with Crippen molar-refractivity contribution in [2.24, 2.45) is 0 Å². The van der Waals surface area contributed by atoms with Gasteiger partial charge in [-0.1, -0.05) is 16.7 Å². The number of hydrogen-bond donors (Lipinski definition) is 2. The van der Waals surface area contributed by atoms with Crippen molar-refractivity contribution in [3.8, 4) is 5.75 Å². The van der Waals surface area contributed by atoms with Crippen LogP contribution in [0.25, 0.3) is 0 Å². The summed E-state index contributed by atoms with van der Waals surface area (Å²) in [5, 5.41) is 19.2. The third kappa shape index (κ3) is 4.36. The fourth-order valence-electron chi connectivity index (χ4n) is 2.38. The summed E-state index contributed by atoms with van der Waals surface area (Å²) in [5.41, 5.74) is -0.130. The van der Waals surface area contributed by atoms with E-state index in [0.29, 0.717) is 5.02 Å². The number of halogens is 1. The number of aromatic nitrogens is 2. The number of amides is 1. The van der Waals surface area contributed by atoms with Crippen LogP contribution in [0, 0.1) is 10.1 Å². The molecule has 2 aromatic carbocycles. The summed E-state index contributed by atoms with van der Waals surface area (Å²) >= 11 is 5.80. The van der Waals surface area contributed by atoms with Gasteiger partial charge in [-0.2, -0.15) is 0 Å². The molecule has 0 aliphatic rings. The predicted molar refractivity (Wildman–Crippen MR) is 103 cm³/mol. The first-order valence-electron chi connectivity index (χ1n) is 7.91. The van der Waals surface area contributed by atoms with Crippen LogP contribution < -0.4 is 10.1 Å². The van der Waals surface area contributed by atoms with Crippen LogP contribution in [0.3, 0.4) is 0 Å². The lowest BCUT2D eigenvalue weighted by molar-refractivity contribution is -0.389. The van der Waals surface area contributed by atoms with Gasteiger partial charge >= 0.3 is 5.82 Å². The molecule has 10 nitrogen and oxygen atoms in total. The van der Waals surface area contributed by atoms with Gasteiger partial charge in [-0.15, -0.1) is 5.10 Å². The number of rotatable bonds is 6. The molecule has 29 heavy (non-hydrogen) atoms. The molecule has 0 aliphatic heterocycles. The van der Waals surface area contributed by atoms with E-state index in [0.717, 1.165) is 6.07 Å². The monoisotopic (exact) mass is 436 g/mol. The molecule has 12 heteroatoms. The van der Waals surface area contributed by atoms with Gasteiger partial charge in [0.25, 0.3) is 5.91 Å². The molecule has 0 fully saturated rings. The Bertz CT molecular complexity index is 1190. The minimum atomic E-state index is -3.92. The zero-order chi connectivity index (χ0) is 21.2. The van der Waals surface area contributed by atoms with Gasteiger partial charge in [-0.25, -0.2) is 8.42 Å². The molecular weight excluding hydrogens is 424 g/mol. The molecule has 150 valence electrons. The van der Waals surface area contributed by atoms with Gasteiger partial charge < -0.3 is 20.2 Å². The molecule has 3 aromatic rings. The smallest absolute Gasteiger partial charge is 0.343 e. The molecule has 0 saturated carbocycles. The van der Waals surface area contributed by atoms with Crippen LogP contribution in [0.2, 0.25) is 5.02 Å². The van der Waals surface area contributed by atoms with Crippen molar-refractivity contribution in [1.29, 1.82) is 0 Å². The summed E-state index contributed by atoms with van der Waals surface area (Å²) in [7, 11) is -2.58. The lowest BCUT2D eigenvalue weighted by Gasteiger charge is -2.11. The number of carbonyl (C=O) groups excluding carboxylic acids is 1. The summed E-state index contributed by atoms with van der Waals surface area (Å²) in [4.78, 5) is 22.2. The van der Waals surface area contributed by atoms with Crippen LogP contribution in [0.5, 0.6) is 5.75 Å². The maximum atomic E-state index is 12.9. The van der Waals surface area contributed by atoms with Gasteiger partial charge in [0.2, 0.25) is 9.84 Å². The van der Waals surface area contributed by atoms with E-state index in [2.05, 4.69) is 15.5 Å². The summed E-state index contributed by atoms with van der Waals surface area (Å²) in [5.74, 6) is -1.03. The Labute approximate surface area is 169 Å². The van der Waals surface area contributed by atoms with Crippen LogP contribution >= 0.6 is 11.6 Å². The number of carbonyl (C=O) groups is 1. The molecule has 2 N–H and O–H groups in total. The molecule has 0 spiro atoms. The number of nitrogens with zero attached hydrogens (tertiary/aromatic N) is 2. The average molecular weight is 437 g/mol. The van der Waals surface area contributed by atoms with Crippen molar-refractivity contribution in [2.45, 2.75) is 9.79 Å². The minimum Gasteiger partial charge on any atom is -0.497 e. The Morgan fingerprint density at radius 2 is 1.86 bits per heavy atom. The molecular formula is C17H13ClN4O6S. The minimum absolute atomic E-state index is 0.00959. The van der Waals surface area contributed by atoms with E-state index in [1.54, 1.807) is 0 Å². The zero-order valence-corrected chi connectivity index (χ0v) is 16.3. The fraction of sp³-hybridized carbons (Fsp3) is 0.0588. The SMILES string of the molecule is COc1cc(NC(=O)c2cc([N+](=O)[O-])[nH]n2)cc(S(=O)(=O)c2ccc(Cl)cc2)c1. The lowest BCUT2D eigenvalue weighted by Crippen LogP contribution is -2.13. The number of methoxy groups -OCH3 is 1. The Hall–Kier alpha value is -3.44. The molecule has 0 radical (unpaired) electrons. The second kappa shape index (κ2) is 7.89. The van der Waals surface area contributed by atoms with E-state index in [-0.39, 0.29) is 26.9 Å². The lowest BCUT2D eigenvalue weighted by atomic mass is 10.3. The molecule has 0 unspecified atom stereocenters. The fourth-order valence-corrected chi connectivity index (χ4v) is 3.83. The number of benzene rings is 2. The quantitative estimate of drug-likeness (QED) is 0.446. The average Bonchev–Trinajstić information content (AvgIpc) is 3.19. The summed E-state index contributed by atoms with van der Waals surface area (Å²) in [6.45, 7) is 0. The number of sulfone groups is 1. The Balaban J connectivity index is 1.95. The standard InChI is InChI=1S/C17H13ClN4O6S/c1-28-12-6-11(19-17(23)15-9-16(21-20-15)22(24)25)7-14(8-12)29(26,27)13-4-2-10(18)3-5-13/h2-9H,1H3,(H,19,23)(H,20,21). The number of anilines is 1. The summed E-state index contributed by atoms with van der Waals surface area (Å²) in [6.07, 6.45) is 0. The van der Waals surface area contributed by atoms with Crippen molar-refractivity contribution >= 4 is 38.9 Å². The highest BCUT2D eigenvalue weighted by molar-refractivity contribution is 7.91. The summed E-state index contributed by atoms with van der Waals surface area (Å²) < 4.78 is 30.9. The van der Waals surface area contributed by atoms with Crippen molar-refractivity contribution in [3.63, 3.8) is 0 Å². The van der Waals surface area contributed by atoms with Crippen LogP contribution in [-0.4, -0.2) is 36.6 Å². The van der Waals surface area contributed by atoms with Gasteiger partial charge in [0.15, 0.2) is 5.69 Å². The van der Waals surface area contributed by atoms with Crippen LogP contribution in [0.1, 0.15) is 10.5 Å². The molecule has 1 aromatic heterocycles. The Kier molecular flexibility index (Phi) is 5.52. The number of H-pyrrole nitrogens is 1. The molecule has 0 saturated heterocycles. The van der Waals surface area contributed by atoms with Crippen LogP contribution in [-0.2, 0) is 9.84 Å².